The summed E-state index contributed by atoms with van der Waals surface area (Å²) < 4.78 is 7.51. The Morgan fingerprint density at radius 2 is 2.00 bits per heavy atom. The minimum absolute atomic E-state index is 0.282. The molecule has 0 radical (unpaired) electrons. The first-order valence-electron chi connectivity index (χ1n) is 6.72. The highest BCUT2D eigenvalue weighted by molar-refractivity contribution is 7.99. The third-order valence-corrected chi connectivity index (χ3v) is 3.93. The van der Waals surface area contributed by atoms with E-state index in [1.54, 1.807) is 0 Å². The molecule has 0 saturated heterocycles. The summed E-state index contributed by atoms with van der Waals surface area (Å²) >= 11 is 1.33. The van der Waals surface area contributed by atoms with Crippen molar-refractivity contribution in [1.82, 2.24) is 24.7 Å². The topological polar surface area (TPSA) is 89.5 Å². The zero-order valence-corrected chi connectivity index (χ0v) is 13.1. The normalized spacial score (nSPS) is 10.3. The number of ether oxygens (including phenoxy) is 1. The van der Waals surface area contributed by atoms with E-state index in [1.165, 1.54) is 24.2 Å². The number of nitrogens with zero attached hydrogens (tertiary/aromatic N) is 6. The molecule has 0 saturated carbocycles. The van der Waals surface area contributed by atoms with Crippen molar-refractivity contribution in [3.8, 4) is 11.8 Å². The molecule has 2 heterocycles. The average molecular weight is 324 g/mol. The molecule has 0 aliphatic rings. The van der Waals surface area contributed by atoms with Crippen LogP contribution in [0, 0.1) is 11.3 Å². The fourth-order valence-corrected chi connectivity index (χ4v) is 2.47. The fourth-order valence-electron chi connectivity index (χ4n) is 1.74. The molecule has 0 fully saturated rings. The molecule has 7 nitrogen and oxygen atoms in total. The van der Waals surface area contributed by atoms with Crippen molar-refractivity contribution in [2.45, 2.75) is 16.8 Å². The van der Waals surface area contributed by atoms with Gasteiger partial charge < -0.3 is 9.30 Å². The molecule has 23 heavy (non-hydrogen) atoms. The van der Waals surface area contributed by atoms with E-state index >= 15 is 0 Å². The zero-order valence-electron chi connectivity index (χ0n) is 12.2. The van der Waals surface area contributed by atoms with E-state index in [-0.39, 0.29) is 5.69 Å². The Hall–Kier alpha value is -2.92. The van der Waals surface area contributed by atoms with Crippen LogP contribution in [0.5, 0.6) is 5.75 Å². The van der Waals surface area contributed by atoms with Crippen molar-refractivity contribution in [2.24, 2.45) is 7.05 Å². The standard InChI is InChI=1S/C15H12N6OS/c1-21-13(10-22-12-5-3-2-4-6-12)19-20-15(21)23-14-9-17-11(7-16)8-18-14/h2-6,8-9H,10H2,1H3. The summed E-state index contributed by atoms with van der Waals surface area (Å²) in [6, 6.07) is 11.5. The molecular formula is C15H12N6OS. The molecule has 0 N–H and O–H groups in total. The summed E-state index contributed by atoms with van der Waals surface area (Å²) in [5.74, 6) is 1.49. The van der Waals surface area contributed by atoms with Gasteiger partial charge in [0.25, 0.3) is 0 Å². The maximum atomic E-state index is 8.72. The molecule has 3 aromatic rings. The van der Waals surface area contributed by atoms with Crippen molar-refractivity contribution < 1.29 is 4.74 Å². The number of nitriles is 1. The lowest BCUT2D eigenvalue weighted by Crippen LogP contribution is -2.04. The summed E-state index contributed by atoms with van der Waals surface area (Å²) in [4.78, 5) is 8.13. The van der Waals surface area contributed by atoms with Crippen LogP contribution in [0.3, 0.4) is 0 Å². The molecule has 0 unspecified atom stereocenters. The zero-order chi connectivity index (χ0) is 16.1. The van der Waals surface area contributed by atoms with Gasteiger partial charge in [0, 0.05) is 7.05 Å². The Balaban J connectivity index is 1.67. The highest BCUT2D eigenvalue weighted by Gasteiger charge is 2.11. The van der Waals surface area contributed by atoms with Crippen LogP contribution >= 0.6 is 11.8 Å². The smallest absolute Gasteiger partial charge is 0.197 e. The highest BCUT2D eigenvalue weighted by Crippen LogP contribution is 2.23. The van der Waals surface area contributed by atoms with Crippen molar-refractivity contribution in [3.63, 3.8) is 0 Å². The van der Waals surface area contributed by atoms with Gasteiger partial charge in [-0.1, -0.05) is 18.2 Å². The first-order chi connectivity index (χ1) is 11.3. The van der Waals surface area contributed by atoms with E-state index < -0.39 is 0 Å². The van der Waals surface area contributed by atoms with Crippen LogP contribution in [-0.4, -0.2) is 24.7 Å². The van der Waals surface area contributed by atoms with Crippen LogP contribution < -0.4 is 4.74 Å². The molecule has 0 atom stereocenters. The first-order valence-corrected chi connectivity index (χ1v) is 7.54. The lowest BCUT2D eigenvalue weighted by atomic mass is 10.3. The molecule has 0 bridgehead atoms. The number of para-hydroxylation sites is 1. The maximum Gasteiger partial charge on any atom is 0.197 e. The van der Waals surface area contributed by atoms with E-state index in [0.29, 0.717) is 22.6 Å². The van der Waals surface area contributed by atoms with Crippen LogP contribution in [-0.2, 0) is 13.7 Å². The Labute approximate surface area is 137 Å². The summed E-state index contributed by atoms with van der Waals surface area (Å²) in [5.41, 5.74) is 0.282. The summed E-state index contributed by atoms with van der Waals surface area (Å²) in [6.45, 7) is 0.327. The monoisotopic (exact) mass is 324 g/mol. The van der Waals surface area contributed by atoms with Crippen molar-refractivity contribution in [3.05, 3.63) is 54.2 Å². The average Bonchev–Trinajstić information content (AvgIpc) is 2.95. The van der Waals surface area contributed by atoms with Crippen molar-refractivity contribution >= 4 is 11.8 Å². The third kappa shape index (κ3) is 3.64. The van der Waals surface area contributed by atoms with E-state index in [1.807, 2.05) is 48.0 Å². The second-order valence-corrected chi connectivity index (χ2v) is 5.50. The minimum atomic E-state index is 0.282. The van der Waals surface area contributed by atoms with Crippen LogP contribution in [0.1, 0.15) is 11.5 Å². The molecular weight excluding hydrogens is 312 g/mol. The van der Waals surface area contributed by atoms with Crippen LogP contribution in [0.15, 0.2) is 52.9 Å². The van der Waals surface area contributed by atoms with Gasteiger partial charge in [-0.2, -0.15) is 5.26 Å². The van der Waals surface area contributed by atoms with E-state index in [4.69, 9.17) is 10.00 Å². The van der Waals surface area contributed by atoms with Crippen molar-refractivity contribution in [1.29, 1.82) is 5.26 Å². The number of rotatable bonds is 5. The SMILES string of the molecule is Cn1c(COc2ccccc2)nnc1Sc1cnc(C#N)cn1. The third-order valence-electron chi connectivity index (χ3n) is 2.97. The second kappa shape index (κ2) is 6.89. The summed E-state index contributed by atoms with van der Waals surface area (Å²) in [5, 5.41) is 18.3. The lowest BCUT2D eigenvalue weighted by molar-refractivity contribution is 0.290. The molecule has 1 aromatic carbocycles. The number of benzene rings is 1. The highest BCUT2D eigenvalue weighted by atomic mass is 32.2. The number of aromatic nitrogens is 5. The minimum Gasteiger partial charge on any atom is -0.486 e. The lowest BCUT2D eigenvalue weighted by Gasteiger charge is -2.06. The molecule has 3 rings (SSSR count). The number of hydrogen-bond acceptors (Lipinski definition) is 7. The Morgan fingerprint density at radius 1 is 1.17 bits per heavy atom. The molecule has 0 amide bonds. The summed E-state index contributed by atoms with van der Waals surface area (Å²) in [7, 11) is 1.86. The molecule has 0 aliphatic carbocycles. The molecule has 2 aromatic heterocycles. The first kappa shape index (κ1) is 15.0. The van der Waals surface area contributed by atoms with E-state index in [0.717, 1.165) is 5.75 Å². The van der Waals surface area contributed by atoms with Crippen LogP contribution in [0.4, 0.5) is 0 Å². The van der Waals surface area contributed by atoms with Crippen LogP contribution in [0.2, 0.25) is 0 Å². The van der Waals surface area contributed by atoms with Gasteiger partial charge in [0.15, 0.2) is 16.7 Å². The largest absolute Gasteiger partial charge is 0.486 e. The van der Waals surface area contributed by atoms with Crippen molar-refractivity contribution in [2.75, 3.05) is 0 Å². The van der Waals surface area contributed by atoms with Gasteiger partial charge in [0.05, 0.1) is 12.4 Å². The van der Waals surface area contributed by atoms with Gasteiger partial charge in [-0.25, -0.2) is 9.97 Å². The summed E-state index contributed by atoms with van der Waals surface area (Å²) in [6.07, 6.45) is 2.97. The predicted molar refractivity (Wildman–Crippen MR) is 82.6 cm³/mol. The number of hydrogen-bond donors (Lipinski definition) is 0. The maximum absolute atomic E-state index is 8.72. The predicted octanol–water partition coefficient (Wildman–Crippen LogP) is 2.21. The van der Waals surface area contributed by atoms with E-state index in [2.05, 4.69) is 20.2 Å². The molecule has 0 spiro atoms. The van der Waals surface area contributed by atoms with Gasteiger partial charge in [-0.05, 0) is 23.9 Å². The quantitative estimate of drug-likeness (QED) is 0.710. The van der Waals surface area contributed by atoms with E-state index in [9.17, 15) is 0 Å². The van der Waals surface area contributed by atoms with Gasteiger partial charge in [-0.3, -0.25) is 0 Å². The Bertz CT molecular complexity index is 825. The molecule has 0 aliphatic heterocycles. The molecule has 8 heteroatoms. The van der Waals surface area contributed by atoms with Gasteiger partial charge in [0.2, 0.25) is 0 Å². The Kier molecular flexibility index (Phi) is 4.49. The van der Waals surface area contributed by atoms with Gasteiger partial charge in [0.1, 0.15) is 23.5 Å². The van der Waals surface area contributed by atoms with Crippen LogP contribution in [0.25, 0.3) is 0 Å². The molecule has 114 valence electrons. The fraction of sp³-hybridized carbons (Fsp3) is 0.133. The Morgan fingerprint density at radius 3 is 2.70 bits per heavy atom. The second-order valence-electron chi connectivity index (χ2n) is 4.51. The van der Waals surface area contributed by atoms with Gasteiger partial charge >= 0.3 is 0 Å². The van der Waals surface area contributed by atoms with Gasteiger partial charge in [-0.15, -0.1) is 10.2 Å².